The van der Waals surface area contributed by atoms with Crippen molar-refractivity contribution in [1.82, 2.24) is 0 Å². The Morgan fingerprint density at radius 3 is 3.00 bits per heavy atom. The minimum Gasteiger partial charge on any atom is -0.324 e. The van der Waals surface area contributed by atoms with E-state index < -0.39 is 0 Å². The molecule has 2 rings (SSSR count). The highest BCUT2D eigenvalue weighted by molar-refractivity contribution is 5.40. The van der Waals surface area contributed by atoms with Crippen molar-refractivity contribution < 1.29 is 4.39 Å². The summed E-state index contributed by atoms with van der Waals surface area (Å²) in [6, 6.07) is 3.20. The average Bonchev–Trinajstić information content (AvgIpc) is 2.33. The number of aryl methyl sites for hydroxylation is 1. The summed E-state index contributed by atoms with van der Waals surface area (Å²) < 4.78 is 12.9. The van der Waals surface area contributed by atoms with Gasteiger partial charge in [0.1, 0.15) is 5.82 Å². The van der Waals surface area contributed by atoms with Crippen LogP contribution < -0.4 is 5.73 Å². The van der Waals surface area contributed by atoms with E-state index in [-0.39, 0.29) is 11.9 Å². The quantitative estimate of drug-likeness (QED) is 0.625. The minimum atomic E-state index is -0.163. The van der Waals surface area contributed by atoms with E-state index in [1.165, 1.54) is 5.56 Å². The van der Waals surface area contributed by atoms with Crippen molar-refractivity contribution in [3.05, 3.63) is 34.6 Å². The van der Waals surface area contributed by atoms with Gasteiger partial charge in [0.15, 0.2) is 0 Å². The molecule has 1 aromatic rings. The van der Waals surface area contributed by atoms with Gasteiger partial charge in [-0.1, -0.05) is 0 Å². The van der Waals surface area contributed by atoms with Gasteiger partial charge in [0.2, 0.25) is 0 Å². The van der Waals surface area contributed by atoms with Gasteiger partial charge in [0.25, 0.3) is 0 Å². The van der Waals surface area contributed by atoms with Crippen LogP contribution >= 0.6 is 0 Å². The third-order valence-electron chi connectivity index (χ3n) is 2.58. The number of benzene rings is 1. The molecule has 0 unspecified atom stereocenters. The Morgan fingerprint density at radius 2 is 2.25 bits per heavy atom. The second-order valence-corrected chi connectivity index (χ2v) is 3.44. The van der Waals surface area contributed by atoms with Crippen LogP contribution in [-0.4, -0.2) is 0 Å². The molecule has 1 aliphatic carbocycles. The van der Waals surface area contributed by atoms with Gasteiger partial charge in [-0.15, -0.1) is 0 Å². The second kappa shape index (κ2) is 2.56. The van der Waals surface area contributed by atoms with Crippen LogP contribution in [0.5, 0.6) is 0 Å². The molecule has 0 saturated carbocycles. The summed E-state index contributed by atoms with van der Waals surface area (Å²) in [4.78, 5) is 0. The van der Waals surface area contributed by atoms with Gasteiger partial charge >= 0.3 is 0 Å². The average molecular weight is 165 g/mol. The third-order valence-corrected chi connectivity index (χ3v) is 2.58. The number of hydrogen-bond acceptors (Lipinski definition) is 1. The van der Waals surface area contributed by atoms with Crippen molar-refractivity contribution >= 4 is 0 Å². The largest absolute Gasteiger partial charge is 0.324 e. The van der Waals surface area contributed by atoms with E-state index >= 15 is 0 Å². The number of nitrogens with two attached hydrogens (primary N) is 1. The summed E-state index contributed by atoms with van der Waals surface area (Å²) in [5, 5.41) is 0. The topological polar surface area (TPSA) is 26.0 Å². The van der Waals surface area contributed by atoms with Gasteiger partial charge in [0.05, 0.1) is 0 Å². The Hall–Kier alpha value is -0.890. The van der Waals surface area contributed by atoms with Crippen molar-refractivity contribution in [3.63, 3.8) is 0 Å². The molecular weight excluding hydrogens is 153 g/mol. The predicted octanol–water partition coefficient (Wildman–Crippen LogP) is 2.08. The van der Waals surface area contributed by atoms with Crippen LogP contribution in [0.1, 0.15) is 29.2 Å². The standard InChI is InChI=1S/C10H12FN/c1-6-4-7(11)5-9-8(6)2-3-10(9)12/h4-5,10H,2-3,12H2,1H3/t10-/m1/s1. The first kappa shape index (κ1) is 7.74. The summed E-state index contributed by atoms with van der Waals surface area (Å²) in [6.45, 7) is 1.94. The molecule has 0 aliphatic heterocycles. The van der Waals surface area contributed by atoms with Gasteiger partial charge in [-0.25, -0.2) is 4.39 Å². The maximum Gasteiger partial charge on any atom is 0.123 e. The monoisotopic (exact) mass is 165 g/mol. The van der Waals surface area contributed by atoms with E-state index in [2.05, 4.69) is 0 Å². The minimum absolute atomic E-state index is 0.0504. The fraction of sp³-hybridized carbons (Fsp3) is 0.400. The van der Waals surface area contributed by atoms with Gasteiger partial charge in [-0.05, 0) is 48.6 Å². The molecule has 1 nitrogen and oxygen atoms in total. The van der Waals surface area contributed by atoms with E-state index in [9.17, 15) is 4.39 Å². The molecule has 2 heteroatoms. The molecule has 1 atom stereocenters. The van der Waals surface area contributed by atoms with E-state index in [1.807, 2.05) is 6.92 Å². The van der Waals surface area contributed by atoms with E-state index in [0.717, 1.165) is 24.0 Å². The van der Waals surface area contributed by atoms with Gasteiger partial charge in [-0.2, -0.15) is 0 Å². The summed E-state index contributed by atoms with van der Waals surface area (Å²) in [6.07, 6.45) is 1.96. The molecule has 0 amide bonds. The lowest BCUT2D eigenvalue weighted by atomic mass is 10.0. The molecule has 0 heterocycles. The SMILES string of the molecule is Cc1cc(F)cc2c1CC[C@H]2N. The maximum atomic E-state index is 12.9. The lowest BCUT2D eigenvalue weighted by Gasteiger charge is -2.06. The molecule has 1 aromatic carbocycles. The van der Waals surface area contributed by atoms with Gasteiger partial charge < -0.3 is 5.73 Å². The van der Waals surface area contributed by atoms with Crippen molar-refractivity contribution in [2.24, 2.45) is 5.73 Å². The normalized spacial score (nSPS) is 21.1. The van der Waals surface area contributed by atoms with Crippen molar-refractivity contribution in [3.8, 4) is 0 Å². The fourth-order valence-electron chi connectivity index (χ4n) is 1.93. The Morgan fingerprint density at radius 1 is 1.50 bits per heavy atom. The zero-order valence-electron chi connectivity index (χ0n) is 7.10. The summed E-state index contributed by atoms with van der Waals surface area (Å²) >= 11 is 0. The van der Waals surface area contributed by atoms with E-state index in [4.69, 9.17) is 5.73 Å². The molecule has 0 radical (unpaired) electrons. The highest BCUT2D eigenvalue weighted by Gasteiger charge is 2.20. The Bertz CT molecular complexity index is 320. The fourth-order valence-corrected chi connectivity index (χ4v) is 1.93. The molecule has 1 aliphatic rings. The van der Waals surface area contributed by atoms with Crippen LogP contribution in [0.4, 0.5) is 4.39 Å². The first-order valence-corrected chi connectivity index (χ1v) is 4.23. The Kier molecular flexibility index (Phi) is 1.65. The summed E-state index contributed by atoms with van der Waals surface area (Å²) in [5.74, 6) is -0.163. The second-order valence-electron chi connectivity index (χ2n) is 3.44. The molecule has 2 N–H and O–H groups in total. The van der Waals surface area contributed by atoms with Crippen LogP contribution in [-0.2, 0) is 6.42 Å². The van der Waals surface area contributed by atoms with Crippen LogP contribution in [0.15, 0.2) is 12.1 Å². The Balaban J connectivity index is 2.60. The van der Waals surface area contributed by atoms with Crippen molar-refractivity contribution in [1.29, 1.82) is 0 Å². The molecular formula is C10H12FN. The molecule has 0 spiro atoms. The Labute approximate surface area is 71.4 Å². The summed E-state index contributed by atoms with van der Waals surface area (Å²) in [7, 11) is 0. The number of fused-ring (bicyclic) bond motifs is 1. The van der Waals surface area contributed by atoms with Gasteiger partial charge in [0, 0.05) is 6.04 Å². The first-order chi connectivity index (χ1) is 5.68. The molecule has 0 aromatic heterocycles. The summed E-state index contributed by atoms with van der Waals surface area (Å²) in [5.41, 5.74) is 9.12. The van der Waals surface area contributed by atoms with Crippen molar-refractivity contribution in [2.75, 3.05) is 0 Å². The molecule has 12 heavy (non-hydrogen) atoms. The molecule has 0 bridgehead atoms. The molecule has 0 fully saturated rings. The number of halogens is 1. The van der Waals surface area contributed by atoms with Crippen LogP contribution in [0.2, 0.25) is 0 Å². The smallest absolute Gasteiger partial charge is 0.123 e. The van der Waals surface area contributed by atoms with Crippen molar-refractivity contribution in [2.45, 2.75) is 25.8 Å². The zero-order valence-corrected chi connectivity index (χ0v) is 7.10. The van der Waals surface area contributed by atoms with Crippen LogP contribution in [0.25, 0.3) is 0 Å². The predicted molar refractivity (Wildman–Crippen MR) is 46.4 cm³/mol. The first-order valence-electron chi connectivity index (χ1n) is 4.23. The molecule has 64 valence electrons. The highest BCUT2D eigenvalue weighted by atomic mass is 19.1. The van der Waals surface area contributed by atoms with Crippen LogP contribution in [0, 0.1) is 12.7 Å². The van der Waals surface area contributed by atoms with E-state index in [0.29, 0.717) is 0 Å². The highest BCUT2D eigenvalue weighted by Crippen LogP contribution is 2.31. The molecule has 0 saturated heterocycles. The third kappa shape index (κ3) is 1.03. The number of rotatable bonds is 0. The van der Waals surface area contributed by atoms with Crippen LogP contribution in [0.3, 0.4) is 0 Å². The number of hydrogen-bond donors (Lipinski definition) is 1. The van der Waals surface area contributed by atoms with Gasteiger partial charge in [-0.3, -0.25) is 0 Å². The zero-order chi connectivity index (χ0) is 8.72. The van der Waals surface area contributed by atoms with E-state index in [1.54, 1.807) is 12.1 Å². The lowest BCUT2D eigenvalue weighted by molar-refractivity contribution is 0.621. The maximum absolute atomic E-state index is 12.9. The lowest BCUT2D eigenvalue weighted by Crippen LogP contribution is -2.05.